The van der Waals surface area contributed by atoms with Gasteiger partial charge in [-0.1, -0.05) is 30.3 Å². The lowest BCUT2D eigenvalue weighted by atomic mass is 10.2. The van der Waals surface area contributed by atoms with Crippen LogP contribution in [0.4, 0.5) is 16.2 Å². The molecular weight excluding hydrogens is 358 g/mol. The van der Waals surface area contributed by atoms with Crippen molar-refractivity contribution in [2.24, 2.45) is 0 Å². The van der Waals surface area contributed by atoms with Crippen molar-refractivity contribution in [2.75, 3.05) is 42.6 Å². The molecule has 28 heavy (non-hydrogen) atoms. The third-order valence-corrected chi connectivity index (χ3v) is 4.88. The van der Waals surface area contributed by atoms with Crippen LogP contribution >= 0.6 is 0 Å². The largest absolute Gasteiger partial charge is 0.443 e. The Bertz CT molecular complexity index is 825. The third-order valence-electron chi connectivity index (χ3n) is 4.88. The smallest absolute Gasteiger partial charge is 0.414 e. The molecule has 0 aliphatic carbocycles. The summed E-state index contributed by atoms with van der Waals surface area (Å²) in [6, 6.07) is 17.5. The average molecular weight is 381 g/mol. The summed E-state index contributed by atoms with van der Waals surface area (Å²) in [7, 11) is 0. The fourth-order valence-electron chi connectivity index (χ4n) is 3.42. The van der Waals surface area contributed by atoms with Crippen molar-refractivity contribution in [3.8, 4) is 0 Å². The van der Waals surface area contributed by atoms with E-state index in [2.05, 4.69) is 17.4 Å². The van der Waals surface area contributed by atoms with Crippen molar-refractivity contribution in [1.29, 1.82) is 0 Å². The van der Waals surface area contributed by atoms with Gasteiger partial charge in [-0.3, -0.25) is 9.69 Å². The minimum Gasteiger partial charge on any atom is -0.443 e. The maximum Gasteiger partial charge on any atom is 0.414 e. The zero-order valence-electron chi connectivity index (χ0n) is 15.5. The first kappa shape index (κ1) is 18.5. The standard InChI is InChI=1S/C21H23N3O4/c25-20-15-27-11-10-23(20)17-6-8-18(9-7-17)24-14-19(28-21(24)26)13-22-12-16-4-2-1-3-5-16/h1-9,19,22H,10-15H2. The number of cyclic esters (lactones) is 1. The molecule has 2 aliphatic heterocycles. The molecule has 2 amide bonds. The van der Waals surface area contributed by atoms with Gasteiger partial charge in [0, 0.05) is 31.0 Å². The zero-order chi connectivity index (χ0) is 19.3. The van der Waals surface area contributed by atoms with Crippen molar-refractivity contribution in [3.63, 3.8) is 0 Å². The molecule has 2 heterocycles. The molecule has 1 N–H and O–H groups in total. The first-order valence-electron chi connectivity index (χ1n) is 9.42. The average Bonchev–Trinajstić information content (AvgIpc) is 3.10. The molecule has 0 saturated carbocycles. The SMILES string of the molecule is O=C1COCCN1c1ccc(N2CC(CNCc3ccccc3)OC2=O)cc1. The number of nitrogens with zero attached hydrogens (tertiary/aromatic N) is 2. The number of hydrogen-bond donors (Lipinski definition) is 1. The predicted molar refractivity (Wildman–Crippen MR) is 105 cm³/mol. The summed E-state index contributed by atoms with van der Waals surface area (Å²) in [5.41, 5.74) is 2.77. The van der Waals surface area contributed by atoms with Gasteiger partial charge in [-0.25, -0.2) is 4.79 Å². The minimum atomic E-state index is -0.346. The molecule has 0 bridgehead atoms. The van der Waals surface area contributed by atoms with E-state index in [0.717, 1.165) is 17.9 Å². The molecule has 1 unspecified atom stereocenters. The number of hydrogen-bond acceptors (Lipinski definition) is 5. The Balaban J connectivity index is 1.33. The highest BCUT2D eigenvalue weighted by Gasteiger charge is 2.32. The molecule has 2 aromatic rings. The number of rotatable bonds is 6. The van der Waals surface area contributed by atoms with Gasteiger partial charge in [0.1, 0.15) is 12.7 Å². The third kappa shape index (κ3) is 4.16. The molecule has 0 aromatic heterocycles. The summed E-state index contributed by atoms with van der Waals surface area (Å²) in [6.45, 7) is 3.01. The molecular formula is C21H23N3O4. The number of benzene rings is 2. The summed E-state index contributed by atoms with van der Waals surface area (Å²) >= 11 is 0. The van der Waals surface area contributed by atoms with Gasteiger partial charge in [-0.15, -0.1) is 0 Å². The molecule has 2 aromatic carbocycles. The van der Waals surface area contributed by atoms with Crippen LogP contribution in [0, 0.1) is 0 Å². The fraction of sp³-hybridized carbons (Fsp3) is 0.333. The molecule has 7 nitrogen and oxygen atoms in total. The molecule has 0 radical (unpaired) electrons. The van der Waals surface area contributed by atoms with Gasteiger partial charge in [-0.05, 0) is 29.8 Å². The van der Waals surface area contributed by atoms with Crippen LogP contribution in [-0.2, 0) is 20.8 Å². The maximum atomic E-state index is 12.3. The summed E-state index contributed by atoms with van der Waals surface area (Å²) in [6.07, 6.45) is -0.543. The normalized spacial score (nSPS) is 19.8. The van der Waals surface area contributed by atoms with Crippen LogP contribution in [0.25, 0.3) is 0 Å². The summed E-state index contributed by atoms with van der Waals surface area (Å²) in [5, 5.41) is 3.33. The van der Waals surface area contributed by atoms with Gasteiger partial charge >= 0.3 is 6.09 Å². The van der Waals surface area contributed by atoms with Crippen molar-refractivity contribution < 1.29 is 19.1 Å². The van der Waals surface area contributed by atoms with Crippen molar-refractivity contribution in [1.82, 2.24) is 5.32 Å². The van der Waals surface area contributed by atoms with E-state index in [1.807, 2.05) is 42.5 Å². The van der Waals surface area contributed by atoms with E-state index in [9.17, 15) is 9.59 Å². The van der Waals surface area contributed by atoms with Crippen LogP contribution < -0.4 is 15.1 Å². The number of carbonyl (C=O) groups is 2. The Morgan fingerprint density at radius 2 is 1.68 bits per heavy atom. The molecule has 1 atom stereocenters. The highest BCUT2D eigenvalue weighted by atomic mass is 16.6. The Kier molecular flexibility index (Phi) is 5.55. The van der Waals surface area contributed by atoms with Gasteiger partial charge in [0.15, 0.2) is 0 Å². The van der Waals surface area contributed by atoms with Crippen molar-refractivity contribution in [3.05, 3.63) is 60.2 Å². The first-order chi connectivity index (χ1) is 13.7. The molecule has 4 rings (SSSR count). The number of ether oxygens (including phenoxy) is 2. The van der Waals surface area contributed by atoms with Crippen LogP contribution in [0.15, 0.2) is 54.6 Å². The Morgan fingerprint density at radius 1 is 0.964 bits per heavy atom. The number of carbonyl (C=O) groups excluding carboxylic acids is 2. The van der Waals surface area contributed by atoms with E-state index in [4.69, 9.17) is 9.47 Å². The quantitative estimate of drug-likeness (QED) is 0.830. The zero-order valence-corrected chi connectivity index (χ0v) is 15.5. The Labute approximate surface area is 163 Å². The lowest BCUT2D eigenvalue weighted by Crippen LogP contribution is -2.41. The van der Waals surface area contributed by atoms with Crippen LogP contribution in [0.3, 0.4) is 0 Å². The van der Waals surface area contributed by atoms with Crippen molar-refractivity contribution >= 4 is 23.4 Å². The fourth-order valence-corrected chi connectivity index (χ4v) is 3.42. The summed E-state index contributed by atoms with van der Waals surface area (Å²) < 4.78 is 10.6. The van der Waals surface area contributed by atoms with E-state index in [1.165, 1.54) is 5.56 Å². The van der Waals surface area contributed by atoms with E-state index >= 15 is 0 Å². The van der Waals surface area contributed by atoms with Crippen LogP contribution in [0.2, 0.25) is 0 Å². The molecule has 146 valence electrons. The van der Waals surface area contributed by atoms with Crippen molar-refractivity contribution in [2.45, 2.75) is 12.6 Å². The molecule has 2 aliphatic rings. The lowest BCUT2D eigenvalue weighted by molar-refractivity contribution is -0.125. The second-order valence-corrected chi connectivity index (χ2v) is 6.85. The molecule has 7 heteroatoms. The van der Waals surface area contributed by atoms with Crippen LogP contribution in [0.5, 0.6) is 0 Å². The highest BCUT2D eigenvalue weighted by molar-refractivity contribution is 5.95. The predicted octanol–water partition coefficient (Wildman–Crippen LogP) is 2.16. The van der Waals surface area contributed by atoms with E-state index < -0.39 is 0 Å². The topological polar surface area (TPSA) is 71.1 Å². The van der Waals surface area contributed by atoms with E-state index in [0.29, 0.717) is 26.2 Å². The number of anilines is 2. The molecule has 2 fully saturated rings. The number of amides is 2. The number of nitrogens with one attached hydrogen (secondary N) is 1. The minimum absolute atomic E-state index is 0.0517. The maximum absolute atomic E-state index is 12.3. The molecule has 2 saturated heterocycles. The first-order valence-corrected chi connectivity index (χ1v) is 9.42. The van der Waals surface area contributed by atoms with Crippen LogP contribution in [-0.4, -0.2) is 51.0 Å². The van der Waals surface area contributed by atoms with Gasteiger partial charge in [0.25, 0.3) is 5.91 Å². The van der Waals surface area contributed by atoms with Gasteiger partial charge in [-0.2, -0.15) is 0 Å². The highest BCUT2D eigenvalue weighted by Crippen LogP contribution is 2.25. The summed E-state index contributed by atoms with van der Waals surface area (Å²) in [5.74, 6) is -0.0517. The second-order valence-electron chi connectivity index (χ2n) is 6.85. The van der Waals surface area contributed by atoms with Crippen LogP contribution in [0.1, 0.15) is 5.56 Å². The van der Waals surface area contributed by atoms with Gasteiger partial charge in [0.05, 0.1) is 13.2 Å². The van der Waals surface area contributed by atoms with Gasteiger partial charge in [0.2, 0.25) is 0 Å². The second kappa shape index (κ2) is 8.41. The summed E-state index contributed by atoms with van der Waals surface area (Å²) in [4.78, 5) is 27.5. The Morgan fingerprint density at radius 3 is 2.39 bits per heavy atom. The molecule has 0 spiro atoms. The number of morpholine rings is 1. The van der Waals surface area contributed by atoms with E-state index in [-0.39, 0.29) is 24.7 Å². The Hall–Kier alpha value is -2.90. The lowest BCUT2D eigenvalue weighted by Gasteiger charge is -2.27. The van der Waals surface area contributed by atoms with E-state index in [1.54, 1.807) is 9.80 Å². The monoisotopic (exact) mass is 381 g/mol. The van der Waals surface area contributed by atoms with Gasteiger partial charge < -0.3 is 19.7 Å².